The van der Waals surface area contributed by atoms with Crippen molar-refractivity contribution in [2.75, 3.05) is 5.32 Å². The molecule has 1 amide bonds. The quantitative estimate of drug-likeness (QED) is 0.780. The molecule has 1 atom stereocenters. The van der Waals surface area contributed by atoms with Gasteiger partial charge in [-0.1, -0.05) is 26.0 Å². The second kappa shape index (κ2) is 6.14. The molecule has 0 saturated heterocycles. The number of rotatable bonds is 5. The molecule has 0 aliphatic rings. The van der Waals surface area contributed by atoms with Crippen LogP contribution in [-0.4, -0.2) is 24.9 Å². The largest absolute Gasteiger partial charge is 0.744 e. The molecule has 0 aromatic heterocycles. The molecule has 0 aliphatic heterocycles. The summed E-state index contributed by atoms with van der Waals surface area (Å²) in [7, 11) is -4.63. The first-order valence-electron chi connectivity index (χ1n) is 5.83. The summed E-state index contributed by atoms with van der Waals surface area (Å²) in [6.07, 6.45) is 0.470. The van der Waals surface area contributed by atoms with E-state index in [1.54, 1.807) is 0 Å². The molecule has 0 saturated carbocycles. The molecular formula is C12H17N2O4S-. The number of benzene rings is 1. The van der Waals surface area contributed by atoms with Crippen LogP contribution in [0.1, 0.15) is 20.3 Å². The molecule has 106 valence electrons. The zero-order chi connectivity index (χ0) is 14.6. The molecule has 6 nitrogen and oxygen atoms in total. The van der Waals surface area contributed by atoms with E-state index in [0.29, 0.717) is 6.42 Å². The summed E-state index contributed by atoms with van der Waals surface area (Å²) >= 11 is 0. The molecule has 3 N–H and O–H groups in total. The highest BCUT2D eigenvalue weighted by molar-refractivity contribution is 7.86. The Morgan fingerprint density at radius 3 is 2.47 bits per heavy atom. The fourth-order valence-electron chi connectivity index (χ4n) is 1.63. The van der Waals surface area contributed by atoms with Gasteiger partial charge in [0.25, 0.3) is 0 Å². The third-order valence-electron chi connectivity index (χ3n) is 2.48. The maximum absolute atomic E-state index is 11.8. The highest BCUT2D eigenvalue weighted by Gasteiger charge is 2.17. The van der Waals surface area contributed by atoms with E-state index in [4.69, 9.17) is 5.73 Å². The number of hydrogen-bond donors (Lipinski definition) is 2. The van der Waals surface area contributed by atoms with Crippen LogP contribution in [0.3, 0.4) is 0 Å². The molecule has 0 radical (unpaired) electrons. The van der Waals surface area contributed by atoms with Crippen molar-refractivity contribution in [1.82, 2.24) is 0 Å². The van der Waals surface area contributed by atoms with Gasteiger partial charge in [0.05, 0.1) is 16.6 Å². The number of hydrogen-bond acceptors (Lipinski definition) is 5. The molecule has 1 rings (SSSR count). The Morgan fingerprint density at radius 1 is 1.37 bits per heavy atom. The van der Waals surface area contributed by atoms with E-state index >= 15 is 0 Å². The summed E-state index contributed by atoms with van der Waals surface area (Å²) in [6.45, 7) is 3.84. The van der Waals surface area contributed by atoms with E-state index in [2.05, 4.69) is 5.32 Å². The molecule has 0 aliphatic carbocycles. The molecule has 0 heterocycles. The minimum absolute atomic E-state index is 0.0401. The zero-order valence-electron chi connectivity index (χ0n) is 10.8. The maximum Gasteiger partial charge on any atom is 0.241 e. The van der Waals surface area contributed by atoms with Gasteiger partial charge < -0.3 is 15.6 Å². The number of anilines is 1. The third-order valence-corrected chi connectivity index (χ3v) is 3.37. The van der Waals surface area contributed by atoms with Crippen LogP contribution in [0.15, 0.2) is 29.2 Å². The highest BCUT2D eigenvalue weighted by Crippen LogP contribution is 2.20. The monoisotopic (exact) mass is 285 g/mol. The first-order valence-corrected chi connectivity index (χ1v) is 7.24. The summed E-state index contributed by atoms with van der Waals surface area (Å²) in [5, 5.41) is 2.38. The average molecular weight is 285 g/mol. The number of amides is 1. The van der Waals surface area contributed by atoms with Gasteiger partial charge in [0.15, 0.2) is 0 Å². The lowest BCUT2D eigenvalue weighted by atomic mass is 10.0. The number of nitrogens with two attached hydrogens (primary N) is 1. The second-order valence-corrected chi connectivity index (χ2v) is 6.02. The normalized spacial score (nSPS) is 13.3. The smallest absolute Gasteiger partial charge is 0.241 e. The first kappa shape index (κ1) is 15.6. The summed E-state index contributed by atoms with van der Waals surface area (Å²) in [5.41, 5.74) is 5.65. The van der Waals surface area contributed by atoms with Gasteiger partial charge in [-0.05, 0) is 24.5 Å². The Balaban J connectivity index is 2.92. The fourth-order valence-corrected chi connectivity index (χ4v) is 2.26. The van der Waals surface area contributed by atoms with Crippen molar-refractivity contribution in [3.05, 3.63) is 24.3 Å². The van der Waals surface area contributed by atoms with E-state index < -0.39 is 27.0 Å². The van der Waals surface area contributed by atoms with Gasteiger partial charge in [-0.15, -0.1) is 0 Å². The van der Waals surface area contributed by atoms with Crippen LogP contribution in [0.4, 0.5) is 5.69 Å². The highest BCUT2D eigenvalue weighted by atomic mass is 32.2. The van der Waals surface area contributed by atoms with Gasteiger partial charge in [0.2, 0.25) is 5.91 Å². The van der Waals surface area contributed by atoms with Crippen molar-refractivity contribution >= 4 is 21.7 Å². The van der Waals surface area contributed by atoms with E-state index in [9.17, 15) is 17.8 Å². The minimum Gasteiger partial charge on any atom is -0.744 e. The van der Waals surface area contributed by atoms with E-state index in [0.717, 1.165) is 6.07 Å². The van der Waals surface area contributed by atoms with Crippen molar-refractivity contribution in [3.63, 3.8) is 0 Å². The van der Waals surface area contributed by atoms with Crippen molar-refractivity contribution in [2.24, 2.45) is 11.7 Å². The average Bonchev–Trinajstić information content (AvgIpc) is 2.27. The fraction of sp³-hybridized carbons (Fsp3) is 0.417. The van der Waals surface area contributed by atoms with E-state index in [-0.39, 0.29) is 11.6 Å². The van der Waals surface area contributed by atoms with Gasteiger partial charge in [-0.3, -0.25) is 4.79 Å². The minimum atomic E-state index is -4.63. The Morgan fingerprint density at radius 2 is 1.95 bits per heavy atom. The molecule has 7 heteroatoms. The summed E-state index contributed by atoms with van der Waals surface area (Å²) in [5.74, 6) is -0.274. The standard InChI is InChI=1S/C12H18N2O4S/c1-8(2)7-9(13)12(15)14-10-5-3-4-6-11(10)19(16,17)18/h3-6,8-9H,7,13H2,1-2H3,(H,14,15)(H,16,17,18)/p-1. The predicted octanol–water partition coefficient (Wildman–Crippen LogP) is 0.903. The lowest BCUT2D eigenvalue weighted by Gasteiger charge is -2.17. The summed E-state index contributed by atoms with van der Waals surface area (Å²) < 4.78 is 33.1. The lowest BCUT2D eigenvalue weighted by Crippen LogP contribution is -2.37. The number of carbonyl (C=O) groups excluding carboxylic acids is 1. The SMILES string of the molecule is CC(C)CC(N)C(=O)Nc1ccccc1S(=O)(=O)[O-]. The molecule has 19 heavy (non-hydrogen) atoms. The van der Waals surface area contributed by atoms with Crippen molar-refractivity contribution < 1.29 is 17.8 Å². The van der Waals surface area contributed by atoms with Gasteiger partial charge in [-0.25, -0.2) is 8.42 Å². The van der Waals surface area contributed by atoms with Crippen LogP contribution >= 0.6 is 0 Å². The van der Waals surface area contributed by atoms with Gasteiger partial charge in [0, 0.05) is 0 Å². The molecule has 0 fully saturated rings. The molecule has 1 aromatic rings. The number of nitrogens with one attached hydrogen (secondary N) is 1. The summed E-state index contributed by atoms with van der Waals surface area (Å²) in [6, 6.07) is 4.69. The van der Waals surface area contributed by atoms with Crippen LogP contribution in [0.5, 0.6) is 0 Å². The van der Waals surface area contributed by atoms with E-state index in [1.807, 2.05) is 13.8 Å². The van der Waals surface area contributed by atoms with Crippen molar-refractivity contribution in [1.29, 1.82) is 0 Å². The van der Waals surface area contributed by atoms with E-state index in [1.165, 1.54) is 18.2 Å². The van der Waals surface area contributed by atoms with Gasteiger partial charge in [0.1, 0.15) is 10.1 Å². The molecule has 0 spiro atoms. The summed E-state index contributed by atoms with van der Waals surface area (Å²) in [4.78, 5) is 11.3. The van der Waals surface area contributed by atoms with Crippen LogP contribution in [0, 0.1) is 5.92 Å². The maximum atomic E-state index is 11.8. The van der Waals surface area contributed by atoms with Crippen LogP contribution in [0.2, 0.25) is 0 Å². The Kier molecular flexibility index (Phi) is 5.04. The Labute approximate surface area is 112 Å². The number of carbonyl (C=O) groups is 1. The molecule has 0 bridgehead atoms. The number of para-hydroxylation sites is 1. The predicted molar refractivity (Wildman–Crippen MR) is 70.5 cm³/mol. The topological polar surface area (TPSA) is 112 Å². The first-order chi connectivity index (χ1) is 8.71. The van der Waals surface area contributed by atoms with Crippen molar-refractivity contribution in [3.8, 4) is 0 Å². The Hall–Kier alpha value is -1.44. The van der Waals surface area contributed by atoms with Crippen LogP contribution < -0.4 is 11.1 Å². The lowest BCUT2D eigenvalue weighted by molar-refractivity contribution is -0.117. The molecular weight excluding hydrogens is 268 g/mol. The third kappa shape index (κ3) is 4.62. The zero-order valence-corrected chi connectivity index (χ0v) is 11.6. The molecule has 1 unspecified atom stereocenters. The van der Waals surface area contributed by atoms with Crippen LogP contribution in [-0.2, 0) is 14.9 Å². The Bertz CT molecular complexity index is 555. The van der Waals surface area contributed by atoms with Crippen LogP contribution in [0.25, 0.3) is 0 Å². The molecule has 1 aromatic carbocycles. The van der Waals surface area contributed by atoms with Gasteiger partial charge in [-0.2, -0.15) is 0 Å². The second-order valence-electron chi connectivity index (χ2n) is 4.68. The van der Waals surface area contributed by atoms with Crippen molar-refractivity contribution in [2.45, 2.75) is 31.2 Å². The van der Waals surface area contributed by atoms with Gasteiger partial charge >= 0.3 is 0 Å².